The number of aromatic nitrogens is 1. The van der Waals surface area contributed by atoms with Crippen LogP contribution < -0.4 is 4.74 Å². The minimum atomic E-state index is -0.415. The Labute approximate surface area is 172 Å². The smallest absolute Gasteiger partial charge is 0.131 e. The Hall–Kier alpha value is -2.70. The summed E-state index contributed by atoms with van der Waals surface area (Å²) in [5, 5.41) is 0. The molecule has 0 unspecified atom stereocenters. The fraction of sp³-hybridized carbons (Fsp3) is 0.0417. The molecule has 0 saturated heterocycles. The minimum absolute atomic E-state index is 0. The first-order valence-corrected chi connectivity index (χ1v) is 8.74. The molecule has 2 nitrogen and oxygen atoms in total. The zero-order chi connectivity index (χ0) is 17.1. The molecule has 0 atom stereocenters. The second kappa shape index (κ2) is 5.90. The van der Waals surface area contributed by atoms with Crippen molar-refractivity contribution in [3.63, 3.8) is 0 Å². The van der Waals surface area contributed by atoms with Gasteiger partial charge in [0.15, 0.2) is 0 Å². The van der Waals surface area contributed by atoms with Gasteiger partial charge >= 0.3 is 0 Å². The quantitative estimate of drug-likeness (QED) is 0.249. The predicted molar refractivity (Wildman–Crippen MR) is 100 cm³/mol. The fourth-order valence-corrected chi connectivity index (χ4v) is 4.57. The SMILES string of the molecule is [Pt].[c-]1cccc2c1-c1ncccc1C21c2ccccc2Oc2ccccc21. The number of ether oxygens (including phenoxy) is 1. The maximum absolute atomic E-state index is 6.26. The van der Waals surface area contributed by atoms with Crippen LogP contribution in [0.4, 0.5) is 0 Å². The minimum Gasteiger partial charge on any atom is -0.457 e. The molecule has 0 bridgehead atoms. The molecule has 6 rings (SSSR count). The van der Waals surface area contributed by atoms with Crippen LogP contribution in [0, 0.1) is 6.07 Å². The van der Waals surface area contributed by atoms with Gasteiger partial charge in [-0.05, 0) is 23.9 Å². The molecule has 27 heavy (non-hydrogen) atoms. The van der Waals surface area contributed by atoms with E-state index in [0.29, 0.717) is 0 Å². The molecule has 4 aromatic rings. The Morgan fingerprint density at radius 1 is 0.704 bits per heavy atom. The van der Waals surface area contributed by atoms with Crippen LogP contribution in [0.25, 0.3) is 11.3 Å². The van der Waals surface area contributed by atoms with E-state index in [1.807, 2.05) is 42.6 Å². The molecule has 132 valence electrons. The van der Waals surface area contributed by atoms with E-state index < -0.39 is 5.41 Å². The summed E-state index contributed by atoms with van der Waals surface area (Å²) < 4.78 is 6.26. The molecule has 2 heterocycles. The Morgan fingerprint density at radius 3 is 2.07 bits per heavy atom. The van der Waals surface area contributed by atoms with Crippen LogP contribution in [-0.4, -0.2) is 4.98 Å². The van der Waals surface area contributed by atoms with Crippen molar-refractivity contribution in [2.24, 2.45) is 0 Å². The van der Waals surface area contributed by atoms with Gasteiger partial charge in [0.05, 0.1) is 0 Å². The van der Waals surface area contributed by atoms with E-state index in [1.165, 1.54) is 11.1 Å². The van der Waals surface area contributed by atoms with Crippen molar-refractivity contribution < 1.29 is 25.8 Å². The first-order chi connectivity index (χ1) is 12.9. The van der Waals surface area contributed by atoms with Gasteiger partial charge in [-0.15, -0.1) is 35.4 Å². The molecule has 0 fully saturated rings. The van der Waals surface area contributed by atoms with Crippen molar-refractivity contribution in [3.8, 4) is 22.8 Å². The molecule has 0 saturated carbocycles. The summed E-state index contributed by atoms with van der Waals surface area (Å²) in [7, 11) is 0. The standard InChI is InChI=1S/C24H14NO.Pt/c1-2-9-17-16(8-1)23-20(12-7-15-25-23)24(17)18-10-3-5-13-21(18)26-22-14-6-4-11-19(22)24;/h1-7,9-15H;/q-1;. The van der Waals surface area contributed by atoms with Crippen LogP contribution in [-0.2, 0) is 26.5 Å². The summed E-state index contributed by atoms with van der Waals surface area (Å²) in [5.74, 6) is 1.80. The summed E-state index contributed by atoms with van der Waals surface area (Å²) in [4.78, 5) is 4.72. The normalized spacial score (nSPS) is 14.2. The van der Waals surface area contributed by atoms with E-state index in [1.54, 1.807) is 0 Å². The van der Waals surface area contributed by atoms with Crippen LogP contribution in [0.5, 0.6) is 11.5 Å². The van der Waals surface area contributed by atoms with Crippen molar-refractivity contribution >= 4 is 0 Å². The van der Waals surface area contributed by atoms with Crippen LogP contribution in [0.3, 0.4) is 0 Å². The third-order valence-corrected chi connectivity index (χ3v) is 5.51. The van der Waals surface area contributed by atoms with Gasteiger partial charge in [0.25, 0.3) is 0 Å². The Morgan fingerprint density at radius 2 is 1.33 bits per heavy atom. The number of hydrogen-bond donors (Lipinski definition) is 0. The molecule has 0 radical (unpaired) electrons. The molecule has 3 heteroatoms. The molecule has 1 aromatic heterocycles. The van der Waals surface area contributed by atoms with Gasteiger partial charge in [-0.3, -0.25) is 0 Å². The Kier molecular flexibility index (Phi) is 3.60. The van der Waals surface area contributed by atoms with E-state index >= 15 is 0 Å². The van der Waals surface area contributed by atoms with Gasteiger partial charge in [-0.25, -0.2) is 0 Å². The molecule has 1 spiro atoms. The number of para-hydroxylation sites is 2. The van der Waals surface area contributed by atoms with Crippen molar-refractivity contribution in [2.45, 2.75) is 5.41 Å². The molecular weight excluding hydrogens is 513 g/mol. The van der Waals surface area contributed by atoms with Crippen LogP contribution in [0.2, 0.25) is 0 Å². The van der Waals surface area contributed by atoms with Gasteiger partial charge in [0.2, 0.25) is 0 Å². The van der Waals surface area contributed by atoms with E-state index in [4.69, 9.17) is 9.72 Å². The van der Waals surface area contributed by atoms with E-state index in [2.05, 4.69) is 48.5 Å². The van der Waals surface area contributed by atoms with E-state index in [-0.39, 0.29) is 21.1 Å². The number of pyridine rings is 1. The van der Waals surface area contributed by atoms with E-state index in [9.17, 15) is 0 Å². The number of nitrogens with zero attached hydrogens (tertiary/aromatic N) is 1. The van der Waals surface area contributed by atoms with Crippen molar-refractivity contribution in [1.82, 2.24) is 4.98 Å². The number of rotatable bonds is 0. The molecule has 0 N–H and O–H groups in total. The second-order valence-corrected chi connectivity index (χ2v) is 6.70. The number of hydrogen-bond acceptors (Lipinski definition) is 2. The van der Waals surface area contributed by atoms with Crippen molar-refractivity contribution in [3.05, 3.63) is 113 Å². The summed E-state index contributed by atoms with van der Waals surface area (Å²) >= 11 is 0. The van der Waals surface area contributed by atoms with Gasteiger partial charge < -0.3 is 9.72 Å². The zero-order valence-electron chi connectivity index (χ0n) is 14.3. The molecule has 0 amide bonds. The van der Waals surface area contributed by atoms with Crippen LogP contribution in [0.15, 0.2) is 85.1 Å². The molecular formula is C24H14NOPt-. The third-order valence-electron chi connectivity index (χ3n) is 5.51. The first kappa shape index (κ1) is 16.5. The predicted octanol–water partition coefficient (Wildman–Crippen LogP) is 5.35. The third kappa shape index (κ3) is 1.97. The maximum atomic E-state index is 6.26. The maximum Gasteiger partial charge on any atom is 0.131 e. The molecule has 1 aliphatic carbocycles. The number of benzene rings is 3. The van der Waals surface area contributed by atoms with E-state index in [0.717, 1.165) is 33.9 Å². The molecule has 1 aliphatic heterocycles. The van der Waals surface area contributed by atoms with Crippen molar-refractivity contribution in [1.29, 1.82) is 0 Å². The Bertz CT molecular complexity index is 1090. The van der Waals surface area contributed by atoms with Gasteiger partial charge in [0.1, 0.15) is 11.5 Å². The molecule has 3 aromatic carbocycles. The summed E-state index contributed by atoms with van der Waals surface area (Å²) in [6.45, 7) is 0. The first-order valence-electron chi connectivity index (χ1n) is 8.74. The summed E-state index contributed by atoms with van der Waals surface area (Å²) in [6.07, 6.45) is 1.86. The topological polar surface area (TPSA) is 22.1 Å². The summed E-state index contributed by atoms with van der Waals surface area (Å²) in [6, 6.07) is 30.5. The summed E-state index contributed by atoms with van der Waals surface area (Å²) in [5.41, 5.74) is 6.40. The zero-order valence-corrected chi connectivity index (χ0v) is 16.5. The average molecular weight is 527 g/mol. The fourth-order valence-electron chi connectivity index (χ4n) is 4.57. The Balaban J connectivity index is 0.00000160. The van der Waals surface area contributed by atoms with Crippen LogP contribution in [0.1, 0.15) is 22.3 Å². The second-order valence-electron chi connectivity index (χ2n) is 6.70. The van der Waals surface area contributed by atoms with Crippen molar-refractivity contribution in [2.75, 3.05) is 0 Å². The largest absolute Gasteiger partial charge is 0.457 e. The van der Waals surface area contributed by atoms with Gasteiger partial charge in [-0.2, -0.15) is 0 Å². The average Bonchev–Trinajstić information content (AvgIpc) is 3.00. The monoisotopic (exact) mass is 527 g/mol. The number of fused-ring (bicyclic) bond motifs is 9. The van der Waals surface area contributed by atoms with Crippen LogP contribution >= 0.6 is 0 Å². The molecule has 2 aliphatic rings. The van der Waals surface area contributed by atoms with Gasteiger partial charge in [-0.1, -0.05) is 48.0 Å². The van der Waals surface area contributed by atoms with Gasteiger partial charge in [0, 0.05) is 43.8 Å².